The molecule has 0 radical (unpaired) electrons. The number of rotatable bonds is 6. The summed E-state index contributed by atoms with van der Waals surface area (Å²) in [7, 11) is 0. The minimum absolute atomic E-state index is 0.0675. The Balaban J connectivity index is 1.80. The van der Waals surface area contributed by atoms with Gasteiger partial charge in [-0.2, -0.15) is 0 Å². The second-order valence-electron chi connectivity index (χ2n) is 6.98. The van der Waals surface area contributed by atoms with Crippen molar-refractivity contribution < 1.29 is 28.6 Å². The number of aromatic hydroxyl groups is 1. The Hall–Kier alpha value is -3.13. The predicted molar refractivity (Wildman–Crippen MR) is 98.7 cm³/mol. The van der Waals surface area contributed by atoms with Crippen molar-refractivity contribution >= 4 is 17.6 Å². The first-order chi connectivity index (χ1) is 13.3. The quantitative estimate of drug-likeness (QED) is 0.686. The fourth-order valence-corrected chi connectivity index (χ4v) is 2.97. The first-order valence-electron chi connectivity index (χ1n) is 8.87. The van der Waals surface area contributed by atoms with Gasteiger partial charge in [-0.1, -0.05) is 12.1 Å². The Bertz CT molecular complexity index is 861. The predicted octanol–water partition coefficient (Wildman–Crippen LogP) is 1.19. The van der Waals surface area contributed by atoms with Crippen LogP contribution in [0.1, 0.15) is 29.8 Å². The normalized spacial score (nSPS) is 22.6. The maximum atomic E-state index is 13.0. The molecular weight excluding hydrogens is 364 g/mol. The fourth-order valence-electron chi connectivity index (χ4n) is 2.97. The molecule has 1 saturated heterocycles. The summed E-state index contributed by atoms with van der Waals surface area (Å²) in [6.45, 7) is 3.26. The molecule has 0 bridgehead atoms. The number of benzene rings is 1. The number of ether oxygens (including phenoxy) is 1. The summed E-state index contributed by atoms with van der Waals surface area (Å²) in [6, 6.07) is 6.87. The summed E-state index contributed by atoms with van der Waals surface area (Å²) in [5.74, 6) is -1.10. The SMILES string of the molecule is CC1OCC(=O)C1(C)NC(=O)C(Cc1ccc(O)cc1)NC(=O)c1ccoc1. The van der Waals surface area contributed by atoms with Gasteiger partial charge in [0.25, 0.3) is 5.91 Å². The molecule has 2 heterocycles. The second kappa shape index (κ2) is 7.85. The molecule has 3 atom stereocenters. The third kappa shape index (κ3) is 4.07. The zero-order valence-electron chi connectivity index (χ0n) is 15.6. The number of phenolic OH excluding ortho intramolecular Hbond substituents is 1. The van der Waals surface area contributed by atoms with Crippen molar-refractivity contribution in [2.45, 2.75) is 38.0 Å². The van der Waals surface area contributed by atoms with E-state index in [4.69, 9.17) is 9.15 Å². The molecule has 1 aliphatic heterocycles. The van der Waals surface area contributed by atoms with Crippen LogP contribution in [0.2, 0.25) is 0 Å². The average molecular weight is 386 g/mol. The lowest BCUT2D eigenvalue weighted by molar-refractivity contribution is -0.130. The largest absolute Gasteiger partial charge is 0.508 e. The van der Waals surface area contributed by atoms with Gasteiger partial charge in [-0.05, 0) is 37.6 Å². The molecule has 1 aliphatic rings. The average Bonchev–Trinajstić information content (AvgIpc) is 3.28. The van der Waals surface area contributed by atoms with Gasteiger partial charge in [0.2, 0.25) is 5.91 Å². The highest BCUT2D eigenvalue weighted by Crippen LogP contribution is 2.22. The molecule has 148 valence electrons. The maximum Gasteiger partial charge on any atom is 0.255 e. The van der Waals surface area contributed by atoms with Crippen molar-refractivity contribution in [3.8, 4) is 5.75 Å². The highest BCUT2D eigenvalue weighted by atomic mass is 16.5. The van der Waals surface area contributed by atoms with Gasteiger partial charge in [0.15, 0.2) is 5.78 Å². The van der Waals surface area contributed by atoms with Gasteiger partial charge >= 0.3 is 0 Å². The van der Waals surface area contributed by atoms with E-state index in [1.807, 2.05) is 0 Å². The number of carbonyl (C=O) groups is 3. The summed E-state index contributed by atoms with van der Waals surface area (Å²) >= 11 is 0. The van der Waals surface area contributed by atoms with Crippen LogP contribution in [0.4, 0.5) is 0 Å². The molecule has 2 aromatic rings. The molecule has 8 heteroatoms. The van der Waals surface area contributed by atoms with E-state index in [0.717, 1.165) is 5.56 Å². The van der Waals surface area contributed by atoms with Gasteiger partial charge in [-0.15, -0.1) is 0 Å². The minimum atomic E-state index is -1.16. The molecule has 2 amide bonds. The molecule has 0 saturated carbocycles. The smallest absolute Gasteiger partial charge is 0.255 e. The molecule has 3 unspecified atom stereocenters. The maximum absolute atomic E-state index is 13.0. The third-order valence-corrected chi connectivity index (χ3v) is 5.02. The molecular formula is C20H22N2O6. The van der Waals surface area contributed by atoms with Crippen molar-refractivity contribution in [2.24, 2.45) is 0 Å². The molecule has 3 N–H and O–H groups in total. The van der Waals surface area contributed by atoms with Crippen LogP contribution < -0.4 is 10.6 Å². The molecule has 0 aliphatic carbocycles. The van der Waals surface area contributed by atoms with Crippen molar-refractivity contribution in [3.05, 3.63) is 54.0 Å². The Kier molecular flexibility index (Phi) is 5.51. The summed E-state index contributed by atoms with van der Waals surface area (Å²) in [5.41, 5.74) is -0.147. The number of amides is 2. The molecule has 28 heavy (non-hydrogen) atoms. The van der Waals surface area contributed by atoms with E-state index in [0.29, 0.717) is 0 Å². The topological polar surface area (TPSA) is 118 Å². The van der Waals surface area contributed by atoms with Crippen molar-refractivity contribution in [1.29, 1.82) is 0 Å². The van der Waals surface area contributed by atoms with E-state index >= 15 is 0 Å². The number of phenols is 1. The zero-order valence-corrected chi connectivity index (χ0v) is 15.6. The Morgan fingerprint density at radius 3 is 2.57 bits per heavy atom. The number of Topliss-reactive ketones (excluding diaryl/α,β-unsaturated/α-hetero) is 1. The second-order valence-corrected chi connectivity index (χ2v) is 6.98. The lowest BCUT2D eigenvalue weighted by Gasteiger charge is -2.29. The van der Waals surface area contributed by atoms with Gasteiger partial charge in [-0.3, -0.25) is 14.4 Å². The summed E-state index contributed by atoms with van der Waals surface area (Å²) in [5, 5.41) is 14.9. The van der Waals surface area contributed by atoms with Crippen LogP contribution in [0, 0.1) is 0 Å². The van der Waals surface area contributed by atoms with E-state index in [1.54, 1.807) is 26.0 Å². The van der Waals surface area contributed by atoms with Crippen LogP contribution in [0.3, 0.4) is 0 Å². The summed E-state index contributed by atoms with van der Waals surface area (Å²) in [6.07, 6.45) is 2.33. The molecule has 1 fully saturated rings. The number of carbonyl (C=O) groups excluding carboxylic acids is 3. The highest BCUT2D eigenvalue weighted by Gasteiger charge is 2.47. The van der Waals surface area contributed by atoms with Gasteiger partial charge in [0.05, 0.1) is 17.9 Å². The lowest BCUT2D eigenvalue weighted by atomic mass is 9.92. The number of furan rings is 1. The van der Waals surface area contributed by atoms with Crippen LogP contribution in [-0.2, 0) is 20.7 Å². The van der Waals surface area contributed by atoms with Crippen molar-refractivity contribution in [3.63, 3.8) is 0 Å². The zero-order chi connectivity index (χ0) is 20.3. The Labute approximate surface area is 161 Å². The minimum Gasteiger partial charge on any atom is -0.508 e. The van der Waals surface area contributed by atoms with Crippen LogP contribution in [-0.4, -0.2) is 47.0 Å². The van der Waals surface area contributed by atoms with E-state index in [1.165, 1.54) is 30.7 Å². The first-order valence-corrected chi connectivity index (χ1v) is 8.87. The number of nitrogens with one attached hydrogen (secondary N) is 2. The fraction of sp³-hybridized carbons (Fsp3) is 0.350. The lowest BCUT2D eigenvalue weighted by Crippen LogP contribution is -2.60. The molecule has 1 aromatic carbocycles. The van der Waals surface area contributed by atoms with Crippen LogP contribution >= 0.6 is 0 Å². The van der Waals surface area contributed by atoms with Crippen molar-refractivity contribution in [2.75, 3.05) is 6.61 Å². The molecule has 8 nitrogen and oxygen atoms in total. The van der Waals surface area contributed by atoms with Crippen molar-refractivity contribution in [1.82, 2.24) is 10.6 Å². The number of ketones is 1. The van der Waals surface area contributed by atoms with Crippen LogP contribution in [0.15, 0.2) is 47.3 Å². The standard InChI is InChI=1S/C20H22N2O6/c1-12-20(2,17(24)11-28-12)22-19(26)16(9-13-3-5-15(23)6-4-13)21-18(25)14-7-8-27-10-14/h3-8,10,12,16,23H,9,11H2,1-2H3,(H,21,25)(H,22,26). The first kappa shape index (κ1) is 19.6. The van der Waals surface area contributed by atoms with Gasteiger partial charge in [0, 0.05) is 6.42 Å². The number of hydrogen-bond donors (Lipinski definition) is 3. The van der Waals surface area contributed by atoms with E-state index < -0.39 is 29.5 Å². The van der Waals surface area contributed by atoms with E-state index in [-0.39, 0.29) is 30.1 Å². The summed E-state index contributed by atoms with van der Waals surface area (Å²) < 4.78 is 10.3. The summed E-state index contributed by atoms with van der Waals surface area (Å²) in [4.78, 5) is 37.6. The molecule has 0 spiro atoms. The van der Waals surface area contributed by atoms with Gasteiger partial charge < -0.3 is 24.9 Å². The molecule has 1 aromatic heterocycles. The Morgan fingerprint density at radius 2 is 2.00 bits per heavy atom. The van der Waals surface area contributed by atoms with E-state index in [9.17, 15) is 19.5 Å². The number of hydrogen-bond acceptors (Lipinski definition) is 6. The third-order valence-electron chi connectivity index (χ3n) is 5.02. The van der Waals surface area contributed by atoms with Gasteiger partial charge in [-0.25, -0.2) is 0 Å². The van der Waals surface area contributed by atoms with Crippen LogP contribution in [0.25, 0.3) is 0 Å². The molecule has 3 rings (SSSR count). The highest BCUT2D eigenvalue weighted by molar-refractivity contribution is 6.00. The van der Waals surface area contributed by atoms with Gasteiger partial charge in [0.1, 0.15) is 30.2 Å². The van der Waals surface area contributed by atoms with Crippen LogP contribution in [0.5, 0.6) is 5.75 Å². The Morgan fingerprint density at radius 1 is 1.29 bits per heavy atom. The van der Waals surface area contributed by atoms with E-state index in [2.05, 4.69) is 10.6 Å². The monoisotopic (exact) mass is 386 g/mol.